The fraction of sp³-hybridized carbons (Fsp3) is 0.538. The highest BCUT2D eigenvalue weighted by Gasteiger charge is 2.21. The van der Waals surface area contributed by atoms with Gasteiger partial charge in [-0.25, -0.2) is 4.39 Å². The molecular weight excluding hydrogens is 271 g/mol. The SMILES string of the molecule is Fc1cccc(CC(Br)C2CCOCC2)c1. The van der Waals surface area contributed by atoms with Gasteiger partial charge in [0.2, 0.25) is 0 Å². The summed E-state index contributed by atoms with van der Waals surface area (Å²) in [6.45, 7) is 1.71. The summed E-state index contributed by atoms with van der Waals surface area (Å²) in [6.07, 6.45) is 3.10. The van der Waals surface area contributed by atoms with E-state index in [0.29, 0.717) is 10.7 Å². The largest absolute Gasteiger partial charge is 0.381 e. The molecule has 1 aromatic carbocycles. The molecule has 0 aliphatic carbocycles. The maximum Gasteiger partial charge on any atom is 0.123 e. The molecule has 1 heterocycles. The zero-order valence-corrected chi connectivity index (χ0v) is 10.7. The Hall–Kier alpha value is -0.410. The minimum Gasteiger partial charge on any atom is -0.381 e. The first kappa shape index (κ1) is 12.1. The lowest BCUT2D eigenvalue weighted by atomic mass is 9.93. The predicted octanol–water partition coefficient (Wildman–Crippen LogP) is 3.56. The lowest BCUT2D eigenvalue weighted by Gasteiger charge is -2.26. The van der Waals surface area contributed by atoms with Gasteiger partial charge in [0.25, 0.3) is 0 Å². The third kappa shape index (κ3) is 3.29. The maximum absolute atomic E-state index is 13.0. The Bertz CT molecular complexity index is 336. The van der Waals surface area contributed by atoms with Crippen LogP contribution in [0.5, 0.6) is 0 Å². The minimum atomic E-state index is -0.149. The molecule has 1 nitrogen and oxygen atoms in total. The Morgan fingerprint density at radius 1 is 1.38 bits per heavy atom. The number of benzene rings is 1. The van der Waals surface area contributed by atoms with Crippen molar-refractivity contribution in [1.29, 1.82) is 0 Å². The summed E-state index contributed by atoms with van der Waals surface area (Å²) in [5.41, 5.74) is 1.06. The van der Waals surface area contributed by atoms with Gasteiger partial charge in [-0.3, -0.25) is 0 Å². The van der Waals surface area contributed by atoms with Gasteiger partial charge >= 0.3 is 0 Å². The first-order valence-electron chi connectivity index (χ1n) is 5.72. The Kier molecular flexibility index (Phi) is 4.36. The van der Waals surface area contributed by atoms with Crippen LogP contribution >= 0.6 is 15.9 Å². The van der Waals surface area contributed by atoms with E-state index < -0.39 is 0 Å². The summed E-state index contributed by atoms with van der Waals surface area (Å²) >= 11 is 3.72. The molecule has 1 saturated heterocycles. The first-order chi connectivity index (χ1) is 7.75. The van der Waals surface area contributed by atoms with E-state index in [1.165, 1.54) is 6.07 Å². The number of halogens is 2. The van der Waals surface area contributed by atoms with E-state index in [4.69, 9.17) is 4.74 Å². The van der Waals surface area contributed by atoms with Gasteiger partial charge < -0.3 is 4.74 Å². The number of ether oxygens (including phenoxy) is 1. The fourth-order valence-corrected chi connectivity index (χ4v) is 3.04. The number of hydrogen-bond acceptors (Lipinski definition) is 1. The predicted molar refractivity (Wildman–Crippen MR) is 66.4 cm³/mol. The molecule has 88 valence electrons. The molecule has 0 saturated carbocycles. The van der Waals surface area contributed by atoms with Crippen LogP contribution in [0.1, 0.15) is 18.4 Å². The summed E-state index contributed by atoms with van der Waals surface area (Å²) in [5.74, 6) is 0.501. The molecule has 16 heavy (non-hydrogen) atoms. The molecule has 0 radical (unpaired) electrons. The Balaban J connectivity index is 1.93. The molecule has 1 aliphatic heterocycles. The quantitative estimate of drug-likeness (QED) is 0.772. The van der Waals surface area contributed by atoms with Crippen molar-refractivity contribution >= 4 is 15.9 Å². The molecule has 0 bridgehead atoms. The van der Waals surface area contributed by atoms with Crippen molar-refractivity contribution in [2.75, 3.05) is 13.2 Å². The van der Waals surface area contributed by atoms with Crippen molar-refractivity contribution in [2.45, 2.75) is 24.1 Å². The molecule has 3 heteroatoms. The average Bonchev–Trinajstić information content (AvgIpc) is 2.30. The molecule has 1 unspecified atom stereocenters. The average molecular weight is 287 g/mol. The normalized spacial score (nSPS) is 19.6. The van der Waals surface area contributed by atoms with E-state index in [9.17, 15) is 4.39 Å². The summed E-state index contributed by atoms with van der Waals surface area (Å²) < 4.78 is 18.4. The van der Waals surface area contributed by atoms with Crippen LogP contribution in [0.25, 0.3) is 0 Å². The van der Waals surface area contributed by atoms with Crippen LogP contribution in [0, 0.1) is 11.7 Å². The second kappa shape index (κ2) is 5.78. The highest BCUT2D eigenvalue weighted by molar-refractivity contribution is 9.09. The lowest BCUT2D eigenvalue weighted by molar-refractivity contribution is 0.0662. The summed E-state index contributed by atoms with van der Waals surface area (Å²) in [5, 5.41) is 0. The van der Waals surface area contributed by atoms with E-state index >= 15 is 0 Å². The van der Waals surface area contributed by atoms with Crippen molar-refractivity contribution in [3.63, 3.8) is 0 Å². The van der Waals surface area contributed by atoms with Gasteiger partial charge in [-0.1, -0.05) is 28.1 Å². The zero-order chi connectivity index (χ0) is 11.4. The second-order valence-corrected chi connectivity index (χ2v) is 5.48. The van der Waals surface area contributed by atoms with Crippen molar-refractivity contribution in [1.82, 2.24) is 0 Å². The molecular formula is C13H16BrFO. The third-order valence-corrected chi connectivity index (χ3v) is 4.17. The van der Waals surface area contributed by atoms with Gasteiger partial charge in [-0.15, -0.1) is 0 Å². The summed E-state index contributed by atoms with van der Waals surface area (Å²) in [4.78, 5) is 0.429. The van der Waals surface area contributed by atoms with Crippen LogP contribution < -0.4 is 0 Å². The molecule has 0 amide bonds. The van der Waals surface area contributed by atoms with Crippen LogP contribution in [-0.2, 0) is 11.2 Å². The molecule has 0 spiro atoms. The van der Waals surface area contributed by atoms with Gasteiger partial charge in [0, 0.05) is 18.0 Å². The third-order valence-electron chi connectivity index (χ3n) is 3.10. The van der Waals surface area contributed by atoms with Crippen LogP contribution in [0.15, 0.2) is 24.3 Å². The van der Waals surface area contributed by atoms with Crippen LogP contribution in [-0.4, -0.2) is 18.0 Å². The molecule has 0 aromatic heterocycles. The second-order valence-electron chi connectivity index (χ2n) is 4.30. The Labute approximate surface area is 104 Å². The van der Waals surface area contributed by atoms with E-state index in [-0.39, 0.29) is 5.82 Å². The highest BCUT2D eigenvalue weighted by atomic mass is 79.9. The standard InChI is InChI=1S/C13H16BrFO/c14-13(11-4-6-16-7-5-11)9-10-2-1-3-12(15)8-10/h1-3,8,11,13H,4-7,9H2. The molecule has 1 fully saturated rings. The minimum absolute atomic E-state index is 0.149. The fourth-order valence-electron chi connectivity index (χ4n) is 2.13. The van der Waals surface area contributed by atoms with E-state index in [1.54, 1.807) is 12.1 Å². The van der Waals surface area contributed by atoms with Crippen molar-refractivity contribution in [2.24, 2.45) is 5.92 Å². The van der Waals surface area contributed by atoms with Crippen molar-refractivity contribution < 1.29 is 9.13 Å². The molecule has 2 rings (SSSR count). The summed E-state index contributed by atoms with van der Waals surface area (Å²) in [6, 6.07) is 6.86. The number of alkyl halides is 1. The first-order valence-corrected chi connectivity index (χ1v) is 6.63. The van der Waals surface area contributed by atoms with Gasteiger partial charge in [-0.2, -0.15) is 0 Å². The lowest BCUT2D eigenvalue weighted by Crippen LogP contribution is -2.24. The topological polar surface area (TPSA) is 9.23 Å². The Morgan fingerprint density at radius 3 is 2.81 bits per heavy atom. The van der Waals surface area contributed by atoms with Gasteiger partial charge in [-0.05, 0) is 42.9 Å². The van der Waals surface area contributed by atoms with Gasteiger partial charge in [0.05, 0.1) is 0 Å². The van der Waals surface area contributed by atoms with E-state index in [0.717, 1.165) is 38.0 Å². The molecule has 1 atom stereocenters. The maximum atomic E-state index is 13.0. The zero-order valence-electron chi connectivity index (χ0n) is 9.16. The Morgan fingerprint density at radius 2 is 2.12 bits per heavy atom. The van der Waals surface area contributed by atoms with Crippen molar-refractivity contribution in [3.8, 4) is 0 Å². The molecule has 1 aromatic rings. The molecule has 1 aliphatic rings. The monoisotopic (exact) mass is 286 g/mol. The molecule has 0 N–H and O–H groups in total. The van der Waals surface area contributed by atoms with E-state index in [2.05, 4.69) is 15.9 Å². The number of hydrogen-bond donors (Lipinski definition) is 0. The smallest absolute Gasteiger partial charge is 0.123 e. The van der Waals surface area contributed by atoms with Gasteiger partial charge in [0.15, 0.2) is 0 Å². The van der Waals surface area contributed by atoms with E-state index in [1.807, 2.05) is 6.07 Å². The number of rotatable bonds is 3. The van der Waals surface area contributed by atoms with Crippen LogP contribution in [0.3, 0.4) is 0 Å². The van der Waals surface area contributed by atoms with Gasteiger partial charge in [0.1, 0.15) is 5.82 Å². The van der Waals surface area contributed by atoms with Crippen LogP contribution in [0.4, 0.5) is 4.39 Å². The summed E-state index contributed by atoms with van der Waals surface area (Å²) in [7, 11) is 0. The highest BCUT2D eigenvalue weighted by Crippen LogP contribution is 2.27. The van der Waals surface area contributed by atoms with Crippen LogP contribution in [0.2, 0.25) is 0 Å². The van der Waals surface area contributed by atoms with Crippen molar-refractivity contribution in [3.05, 3.63) is 35.6 Å².